The van der Waals surface area contributed by atoms with Crippen molar-refractivity contribution in [2.45, 2.75) is 46.1 Å². The normalized spacial score (nSPS) is 16.7. The van der Waals surface area contributed by atoms with Crippen molar-refractivity contribution in [2.75, 3.05) is 13.1 Å². The van der Waals surface area contributed by atoms with Crippen LogP contribution in [0.2, 0.25) is 0 Å². The molecule has 148 valence electrons. The van der Waals surface area contributed by atoms with Crippen LogP contribution in [0.15, 0.2) is 28.7 Å². The number of rotatable bonds is 5. The Morgan fingerprint density at radius 3 is 2.22 bits per heavy atom. The van der Waals surface area contributed by atoms with E-state index in [-0.39, 0.29) is 24.2 Å². The molecule has 1 heterocycles. The maximum atomic E-state index is 12.7. The maximum Gasteiger partial charge on any atom is 0.305 e. The van der Waals surface area contributed by atoms with Gasteiger partial charge >= 0.3 is 5.97 Å². The average molecular weight is 439 g/mol. The lowest BCUT2D eigenvalue weighted by atomic mass is 9.90. The number of piperidine rings is 1. The van der Waals surface area contributed by atoms with Crippen LogP contribution in [0.25, 0.3) is 0 Å². The zero-order valence-corrected chi connectivity index (χ0v) is 17.6. The summed E-state index contributed by atoms with van der Waals surface area (Å²) in [6.07, 6.45) is 1.01. The summed E-state index contributed by atoms with van der Waals surface area (Å²) < 4.78 is 0.891. The first-order valence-electron chi connectivity index (χ1n) is 9.15. The van der Waals surface area contributed by atoms with Crippen molar-refractivity contribution >= 4 is 33.7 Å². The Labute approximate surface area is 168 Å². The number of nitrogens with one attached hydrogen (secondary N) is 1. The molecule has 0 bridgehead atoms. The van der Waals surface area contributed by atoms with Gasteiger partial charge < -0.3 is 15.3 Å². The zero-order chi connectivity index (χ0) is 20.2. The van der Waals surface area contributed by atoms with Gasteiger partial charge in [-0.2, -0.15) is 0 Å². The van der Waals surface area contributed by atoms with Crippen LogP contribution >= 0.6 is 15.9 Å². The first kappa shape index (κ1) is 21.4. The number of benzene rings is 1. The molecule has 0 aromatic heterocycles. The molecule has 1 aliphatic rings. The van der Waals surface area contributed by atoms with Gasteiger partial charge in [0, 0.05) is 28.9 Å². The molecule has 0 saturated carbocycles. The first-order valence-corrected chi connectivity index (χ1v) is 9.94. The number of amides is 2. The van der Waals surface area contributed by atoms with Crippen molar-refractivity contribution in [2.24, 2.45) is 11.3 Å². The smallest absolute Gasteiger partial charge is 0.305 e. The summed E-state index contributed by atoms with van der Waals surface area (Å²) in [5.41, 5.74) is 0.331. The van der Waals surface area contributed by atoms with Gasteiger partial charge in [0.05, 0.1) is 12.5 Å². The van der Waals surface area contributed by atoms with Crippen LogP contribution < -0.4 is 5.32 Å². The minimum Gasteiger partial charge on any atom is -0.481 e. The molecule has 1 fully saturated rings. The third-order valence-electron chi connectivity index (χ3n) is 4.76. The van der Waals surface area contributed by atoms with Crippen molar-refractivity contribution < 1.29 is 19.5 Å². The highest BCUT2D eigenvalue weighted by Gasteiger charge is 2.33. The Morgan fingerprint density at radius 1 is 1.19 bits per heavy atom. The summed E-state index contributed by atoms with van der Waals surface area (Å²) in [7, 11) is 0. The third kappa shape index (κ3) is 6.06. The van der Waals surface area contributed by atoms with E-state index in [9.17, 15) is 19.5 Å². The molecule has 1 saturated heterocycles. The molecule has 1 atom stereocenters. The highest BCUT2D eigenvalue weighted by Crippen LogP contribution is 2.25. The van der Waals surface area contributed by atoms with Gasteiger partial charge in [-0.05, 0) is 30.5 Å². The molecule has 0 unspecified atom stereocenters. The van der Waals surface area contributed by atoms with Crippen molar-refractivity contribution in [3.8, 4) is 0 Å². The number of hydrogen-bond donors (Lipinski definition) is 2. The molecule has 2 N–H and O–H groups in total. The second-order valence-electron chi connectivity index (χ2n) is 8.03. The minimum atomic E-state index is -0.964. The molecular formula is C20H27BrN2O4. The Bertz CT molecular complexity index is 689. The van der Waals surface area contributed by atoms with Gasteiger partial charge in [0.15, 0.2) is 0 Å². The molecule has 0 radical (unpaired) electrons. The van der Waals surface area contributed by atoms with E-state index < -0.39 is 17.4 Å². The van der Waals surface area contributed by atoms with E-state index in [0.29, 0.717) is 25.9 Å². The summed E-state index contributed by atoms with van der Waals surface area (Å²) in [5, 5.41) is 12.1. The van der Waals surface area contributed by atoms with E-state index in [4.69, 9.17) is 0 Å². The topological polar surface area (TPSA) is 86.7 Å². The van der Waals surface area contributed by atoms with Gasteiger partial charge in [-0.15, -0.1) is 0 Å². The predicted molar refractivity (Wildman–Crippen MR) is 106 cm³/mol. The van der Waals surface area contributed by atoms with Gasteiger partial charge in [0.25, 0.3) is 0 Å². The molecule has 27 heavy (non-hydrogen) atoms. The lowest BCUT2D eigenvalue weighted by Crippen LogP contribution is -2.47. The molecule has 2 amide bonds. The predicted octanol–water partition coefficient (Wildman–Crippen LogP) is 3.37. The van der Waals surface area contributed by atoms with E-state index in [1.54, 1.807) is 0 Å². The lowest BCUT2D eigenvalue weighted by Gasteiger charge is -2.35. The number of carboxylic acids is 1. The second-order valence-corrected chi connectivity index (χ2v) is 8.94. The Hall–Kier alpha value is -1.89. The SMILES string of the molecule is CC(C)(C)C(=O)N1CCC(C(=O)N[C@H](CC(=O)O)c2ccc(Br)cc2)CC1. The van der Waals surface area contributed by atoms with Crippen LogP contribution in [0.4, 0.5) is 0 Å². The fourth-order valence-corrected chi connectivity index (χ4v) is 3.49. The molecule has 1 aromatic rings. The standard InChI is InChI=1S/C20H27BrN2O4/c1-20(2,3)19(27)23-10-8-14(9-11-23)18(26)22-16(12-17(24)25)13-4-6-15(21)7-5-13/h4-7,14,16H,8-12H2,1-3H3,(H,22,26)(H,24,25)/t16-/m1/s1. The number of carbonyl (C=O) groups excluding carboxylic acids is 2. The molecular weight excluding hydrogens is 412 g/mol. The number of likely N-dealkylation sites (tertiary alicyclic amines) is 1. The summed E-state index contributed by atoms with van der Waals surface area (Å²) in [6.45, 7) is 6.78. The quantitative estimate of drug-likeness (QED) is 0.737. The van der Waals surface area contributed by atoms with Gasteiger partial charge in [-0.25, -0.2) is 0 Å². The molecule has 0 aliphatic carbocycles. The second kappa shape index (κ2) is 8.87. The number of hydrogen-bond acceptors (Lipinski definition) is 3. The Balaban J connectivity index is 1.99. The minimum absolute atomic E-state index is 0.0972. The molecule has 6 nitrogen and oxygen atoms in total. The maximum absolute atomic E-state index is 12.7. The number of aliphatic carboxylic acids is 1. The lowest BCUT2D eigenvalue weighted by molar-refractivity contribution is -0.143. The van der Waals surface area contributed by atoms with Gasteiger partial charge in [0.1, 0.15) is 0 Å². The van der Waals surface area contributed by atoms with E-state index in [2.05, 4.69) is 21.2 Å². The largest absolute Gasteiger partial charge is 0.481 e. The molecule has 1 aliphatic heterocycles. The third-order valence-corrected chi connectivity index (χ3v) is 5.29. The van der Waals surface area contributed by atoms with Crippen molar-refractivity contribution in [3.05, 3.63) is 34.3 Å². The van der Waals surface area contributed by atoms with E-state index in [0.717, 1.165) is 10.0 Å². The van der Waals surface area contributed by atoms with Crippen LogP contribution in [0.1, 0.15) is 51.6 Å². The van der Waals surface area contributed by atoms with Crippen molar-refractivity contribution in [1.29, 1.82) is 0 Å². The fraction of sp³-hybridized carbons (Fsp3) is 0.550. The fourth-order valence-electron chi connectivity index (χ4n) is 3.23. The van der Waals surface area contributed by atoms with E-state index in [1.807, 2.05) is 49.9 Å². The van der Waals surface area contributed by atoms with E-state index in [1.165, 1.54) is 0 Å². The Morgan fingerprint density at radius 2 is 1.74 bits per heavy atom. The zero-order valence-electron chi connectivity index (χ0n) is 16.0. The van der Waals surface area contributed by atoms with Crippen LogP contribution in [-0.4, -0.2) is 40.9 Å². The van der Waals surface area contributed by atoms with Crippen molar-refractivity contribution in [1.82, 2.24) is 10.2 Å². The summed E-state index contributed by atoms with van der Waals surface area (Å²) >= 11 is 3.35. The number of nitrogens with zero attached hydrogens (tertiary/aromatic N) is 1. The molecule has 1 aromatic carbocycles. The molecule has 2 rings (SSSR count). The van der Waals surface area contributed by atoms with Gasteiger partial charge in [0.2, 0.25) is 11.8 Å². The van der Waals surface area contributed by atoms with Crippen LogP contribution in [0.5, 0.6) is 0 Å². The number of halogens is 1. The highest BCUT2D eigenvalue weighted by molar-refractivity contribution is 9.10. The molecule has 0 spiro atoms. The molecule has 7 heteroatoms. The number of carboxylic acid groups (broad SMARTS) is 1. The van der Waals surface area contributed by atoms with Gasteiger partial charge in [-0.3, -0.25) is 14.4 Å². The van der Waals surface area contributed by atoms with Crippen LogP contribution in [0, 0.1) is 11.3 Å². The van der Waals surface area contributed by atoms with Gasteiger partial charge in [-0.1, -0.05) is 48.8 Å². The number of carbonyl (C=O) groups is 3. The van der Waals surface area contributed by atoms with Crippen molar-refractivity contribution in [3.63, 3.8) is 0 Å². The first-order chi connectivity index (χ1) is 12.6. The van der Waals surface area contributed by atoms with E-state index >= 15 is 0 Å². The summed E-state index contributed by atoms with van der Waals surface area (Å²) in [5.74, 6) is -1.22. The average Bonchev–Trinajstić information content (AvgIpc) is 2.60. The highest BCUT2D eigenvalue weighted by atomic mass is 79.9. The Kier molecular flexibility index (Phi) is 7.03. The van der Waals surface area contributed by atoms with Crippen LogP contribution in [-0.2, 0) is 14.4 Å². The summed E-state index contributed by atoms with van der Waals surface area (Å²) in [4.78, 5) is 38.1. The summed E-state index contributed by atoms with van der Waals surface area (Å²) in [6, 6.07) is 6.70. The van der Waals surface area contributed by atoms with Crippen LogP contribution in [0.3, 0.4) is 0 Å². The monoisotopic (exact) mass is 438 g/mol.